The molecule has 14 heavy (non-hydrogen) atoms. The predicted octanol–water partition coefficient (Wildman–Crippen LogP) is 0.851. The lowest BCUT2D eigenvalue weighted by atomic mass is 9.93. The molecule has 0 aliphatic carbocycles. The van der Waals surface area contributed by atoms with Crippen molar-refractivity contribution in [2.75, 3.05) is 32.8 Å². The third-order valence-corrected chi connectivity index (χ3v) is 2.30. The summed E-state index contributed by atoms with van der Waals surface area (Å²) in [6, 6.07) is 0. The van der Waals surface area contributed by atoms with Crippen LogP contribution in [0.2, 0.25) is 0 Å². The second-order valence-corrected chi connectivity index (χ2v) is 4.08. The minimum atomic E-state index is -0.737. The highest BCUT2D eigenvalue weighted by atomic mass is 35.5. The van der Waals surface area contributed by atoms with Gasteiger partial charge in [-0.25, -0.2) is 0 Å². The smallest absolute Gasteiger partial charge is 0.310 e. The lowest BCUT2D eigenvalue weighted by molar-refractivity contribution is -0.148. The molecule has 0 aromatic heterocycles. The SMILES string of the molecule is CC(C)(CN1CCOCC1)C(=O)O.Cl. The Balaban J connectivity index is 0.00000169. The molecule has 1 aliphatic heterocycles. The van der Waals surface area contributed by atoms with Crippen LogP contribution < -0.4 is 0 Å². The van der Waals surface area contributed by atoms with Crippen molar-refractivity contribution in [1.29, 1.82) is 0 Å². The van der Waals surface area contributed by atoms with Gasteiger partial charge in [0.05, 0.1) is 18.6 Å². The topological polar surface area (TPSA) is 49.8 Å². The molecular weight excluding hydrogens is 206 g/mol. The van der Waals surface area contributed by atoms with Gasteiger partial charge in [-0.05, 0) is 13.8 Å². The van der Waals surface area contributed by atoms with Crippen molar-refractivity contribution in [2.45, 2.75) is 13.8 Å². The maximum absolute atomic E-state index is 10.8. The Morgan fingerprint density at radius 1 is 1.43 bits per heavy atom. The third-order valence-electron chi connectivity index (χ3n) is 2.30. The van der Waals surface area contributed by atoms with E-state index in [9.17, 15) is 4.79 Å². The average molecular weight is 224 g/mol. The number of rotatable bonds is 3. The molecule has 1 aliphatic rings. The largest absolute Gasteiger partial charge is 0.481 e. The van der Waals surface area contributed by atoms with Crippen LogP contribution in [-0.2, 0) is 9.53 Å². The van der Waals surface area contributed by atoms with E-state index in [1.165, 1.54) is 0 Å². The molecule has 0 spiro atoms. The first kappa shape index (κ1) is 13.7. The second-order valence-electron chi connectivity index (χ2n) is 4.08. The molecule has 1 rings (SSSR count). The molecular formula is C9H18ClNO3. The number of carboxylic acids is 1. The van der Waals surface area contributed by atoms with E-state index in [1.54, 1.807) is 13.8 Å². The standard InChI is InChI=1S/C9H17NO3.ClH/c1-9(2,8(11)12)7-10-3-5-13-6-4-10;/h3-7H2,1-2H3,(H,11,12);1H. The van der Waals surface area contributed by atoms with Gasteiger partial charge in [0.25, 0.3) is 0 Å². The van der Waals surface area contributed by atoms with Crippen molar-refractivity contribution in [3.63, 3.8) is 0 Å². The van der Waals surface area contributed by atoms with Crippen LogP contribution in [0.3, 0.4) is 0 Å². The number of morpholine rings is 1. The van der Waals surface area contributed by atoms with Crippen molar-refractivity contribution in [3.05, 3.63) is 0 Å². The van der Waals surface area contributed by atoms with Crippen LogP contribution in [-0.4, -0.2) is 48.8 Å². The Morgan fingerprint density at radius 2 is 1.93 bits per heavy atom. The first-order chi connectivity index (χ1) is 6.02. The summed E-state index contributed by atoms with van der Waals surface area (Å²) in [5.41, 5.74) is -0.655. The zero-order chi connectivity index (χ0) is 9.90. The summed E-state index contributed by atoms with van der Waals surface area (Å²) in [4.78, 5) is 13.0. The molecule has 1 heterocycles. The molecule has 4 nitrogen and oxygen atoms in total. The molecule has 1 N–H and O–H groups in total. The lowest BCUT2D eigenvalue weighted by Gasteiger charge is -2.32. The van der Waals surface area contributed by atoms with Crippen LogP contribution in [0.25, 0.3) is 0 Å². The third kappa shape index (κ3) is 3.82. The van der Waals surface area contributed by atoms with Crippen molar-refractivity contribution in [1.82, 2.24) is 4.90 Å². The minimum absolute atomic E-state index is 0. The Labute approximate surface area is 90.6 Å². The highest BCUT2D eigenvalue weighted by molar-refractivity contribution is 5.85. The van der Waals surface area contributed by atoms with Gasteiger partial charge in [0.2, 0.25) is 0 Å². The molecule has 1 fully saturated rings. The van der Waals surface area contributed by atoms with Gasteiger partial charge in [-0.1, -0.05) is 0 Å². The highest BCUT2D eigenvalue weighted by Gasteiger charge is 2.30. The van der Waals surface area contributed by atoms with Crippen LogP contribution in [0.15, 0.2) is 0 Å². The zero-order valence-electron chi connectivity index (χ0n) is 8.65. The zero-order valence-corrected chi connectivity index (χ0v) is 9.47. The summed E-state index contributed by atoms with van der Waals surface area (Å²) >= 11 is 0. The molecule has 1 saturated heterocycles. The van der Waals surface area contributed by atoms with E-state index in [0.29, 0.717) is 6.54 Å². The van der Waals surface area contributed by atoms with E-state index in [1.807, 2.05) is 0 Å². The molecule has 0 aromatic carbocycles. The Kier molecular flexibility index (Phi) is 5.41. The molecule has 0 unspecified atom stereocenters. The fourth-order valence-electron chi connectivity index (χ4n) is 1.39. The summed E-state index contributed by atoms with van der Waals surface area (Å²) in [5, 5.41) is 8.91. The van der Waals surface area contributed by atoms with Gasteiger partial charge in [0, 0.05) is 19.6 Å². The summed E-state index contributed by atoms with van der Waals surface area (Å²) in [6.45, 7) is 7.24. The number of carbonyl (C=O) groups is 1. The maximum atomic E-state index is 10.8. The van der Waals surface area contributed by atoms with Crippen molar-refractivity contribution >= 4 is 18.4 Å². The van der Waals surface area contributed by atoms with Crippen molar-refractivity contribution in [3.8, 4) is 0 Å². The van der Waals surface area contributed by atoms with Gasteiger partial charge in [0.15, 0.2) is 0 Å². The van der Waals surface area contributed by atoms with Gasteiger partial charge < -0.3 is 9.84 Å². The second kappa shape index (κ2) is 5.53. The Hall–Kier alpha value is -0.320. The Morgan fingerprint density at radius 3 is 2.36 bits per heavy atom. The molecule has 0 radical (unpaired) electrons. The summed E-state index contributed by atoms with van der Waals surface area (Å²) < 4.78 is 5.19. The summed E-state index contributed by atoms with van der Waals surface area (Å²) in [7, 11) is 0. The van der Waals surface area contributed by atoms with E-state index in [0.717, 1.165) is 26.3 Å². The van der Waals surface area contributed by atoms with E-state index in [4.69, 9.17) is 9.84 Å². The van der Waals surface area contributed by atoms with Gasteiger partial charge in [-0.3, -0.25) is 9.69 Å². The predicted molar refractivity (Wildman–Crippen MR) is 55.9 cm³/mol. The lowest BCUT2D eigenvalue weighted by Crippen LogP contribution is -2.44. The summed E-state index contributed by atoms with van der Waals surface area (Å²) in [5.74, 6) is -0.737. The fraction of sp³-hybridized carbons (Fsp3) is 0.889. The van der Waals surface area contributed by atoms with Gasteiger partial charge in [-0.15, -0.1) is 12.4 Å². The van der Waals surface area contributed by atoms with E-state index in [2.05, 4.69) is 4.90 Å². The molecule has 5 heteroatoms. The number of hydrogen-bond donors (Lipinski definition) is 1. The van der Waals surface area contributed by atoms with Crippen molar-refractivity contribution < 1.29 is 14.6 Å². The van der Waals surface area contributed by atoms with Gasteiger partial charge >= 0.3 is 5.97 Å². The number of hydrogen-bond acceptors (Lipinski definition) is 3. The van der Waals surface area contributed by atoms with Crippen LogP contribution in [0.4, 0.5) is 0 Å². The molecule has 0 saturated carbocycles. The van der Waals surface area contributed by atoms with E-state index < -0.39 is 11.4 Å². The van der Waals surface area contributed by atoms with Crippen molar-refractivity contribution in [2.24, 2.45) is 5.41 Å². The number of carboxylic acid groups (broad SMARTS) is 1. The number of aliphatic carboxylic acids is 1. The normalized spacial score (nSPS) is 18.7. The minimum Gasteiger partial charge on any atom is -0.481 e. The highest BCUT2D eigenvalue weighted by Crippen LogP contribution is 2.17. The van der Waals surface area contributed by atoms with Crippen LogP contribution in [0.5, 0.6) is 0 Å². The first-order valence-electron chi connectivity index (χ1n) is 4.56. The number of halogens is 1. The molecule has 0 bridgehead atoms. The molecule has 0 atom stereocenters. The molecule has 84 valence electrons. The van der Waals surface area contributed by atoms with Crippen LogP contribution in [0, 0.1) is 5.41 Å². The van der Waals surface area contributed by atoms with Gasteiger partial charge in [0.1, 0.15) is 0 Å². The Bertz CT molecular complexity index is 190. The monoisotopic (exact) mass is 223 g/mol. The average Bonchev–Trinajstić information content (AvgIpc) is 2.05. The van der Waals surface area contributed by atoms with E-state index in [-0.39, 0.29) is 12.4 Å². The quantitative estimate of drug-likeness (QED) is 0.771. The fourth-order valence-corrected chi connectivity index (χ4v) is 1.39. The first-order valence-corrected chi connectivity index (χ1v) is 4.56. The molecule has 0 aromatic rings. The molecule has 0 amide bonds. The summed E-state index contributed by atoms with van der Waals surface area (Å²) in [6.07, 6.45) is 0. The van der Waals surface area contributed by atoms with Gasteiger partial charge in [-0.2, -0.15) is 0 Å². The van der Waals surface area contributed by atoms with E-state index >= 15 is 0 Å². The van der Waals surface area contributed by atoms with Crippen LogP contribution in [0.1, 0.15) is 13.8 Å². The maximum Gasteiger partial charge on any atom is 0.310 e. The number of nitrogens with zero attached hydrogens (tertiary/aromatic N) is 1. The van der Waals surface area contributed by atoms with Crippen LogP contribution >= 0.6 is 12.4 Å². The number of ether oxygens (including phenoxy) is 1.